The van der Waals surface area contributed by atoms with E-state index >= 15 is 0 Å². The first-order valence-electron chi connectivity index (χ1n) is 4.13. The van der Waals surface area contributed by atoms with E-state index in [2.05, 4.69) is 5.32 Å². The molecule has 0 atom stereocenters. The van der Waals surface area contributed by atoms with Crippen LogP contribution in [0.3, 0.4) is 0 Å². The molecule has 1 N–H and O–H groups in total. The molecule has 70 valence electrons. The fraction of sp³-hybridized carbons (Fsp3) is 0.300. The van der Waals surface area contributed by atoms with Crippen LogP contribution in [0.15, 0.2) is 24.3 Å². The fourth-order valence-corrected chi connectivity index (χ4v) is 1.11. The molecule has 0 amide bonds. The molecule has 0 heterocycles. The standard InChI is InChI=1S/C10H12ClNO/c1-8(13)6-12-7-9-2-4-10(11)5-3-9/h2-5,12H,6-7H2,1H3. The summed E-state index contributed by atoms with van der Waals surface area (Å²) in [6.45, 7) is 2.69. The molecule has 0 saturated carbocycles. The zero-order valence-electron chi connectivity index (χ0n) is 7.51. The maximum absolute atomic E-state index is 10.6. The molecule has 0 aromatic heterocycles. The Bertz CT molecular complexity index is 281. The predicted molar refractivity (Wildman–Crippen MR) is 53.8 cm³/mol. The Balaban J connectivity index is 2.37. The summed E-state index contributed by atoms with van der Waals surface area (Å²) in [5.74, 6) is 0.147. The first-order valence-corrected chi connectivity index (χ1v) is 4.51. The smallest absolute Gasteiger partial charge is 0.143 e. The number of ketones is 1. The van der Waals surface area contributed by atoms with Crippen molar-refractivity contribution in [2.75, 3.05) is 6.54 Å². The maximum atomic E-state index is 10.6. The van der Waals surface area contributed by atoms with Crippen molar-refractivity contribution in [3.63, 3.8) is 0 Å². The van der Waals surface area contributed by atoms with Crippen LogP contribution in [-0.4, -0.2) is 12.3 Å². The third-order valence-electron chi connectivity index (χ3n) is 1.62. The first-order chi connectivity index (χ1) is 6.18. The molecule has 0 fully saturated rings. The van der Waals surface area contributed by atoms with E-state index in [-0.39, 0.29) is 5.78 Å². The topological polar surface area (TPSA) is 29.1 Å². The second-order valence-corrected chi connectivity index (χ2v) is 3.37. The summed E-state index contributed by atoms with van der Waals surface area (Å²) in [5, 5.41) is 3.76. The number of benzene rings is 1. The predicted octanol–water partition coefficient (Wildman–Crippen LogP) is 2.02. The molecular formula is C10H12ClNO. The van der Waals surface area contributed by atoms with E-state index in [1.807, 2.05) is 24.3 Å². The molecule has 13 heavy (non-hydrogen) atoms. The van der Waals surface area contributed by atoms with E-state index in [9.17, 15) is 4.79 Å². The van der Waals surface area contributed by atoms with Crippen molar-refractivity contribution in [3.05, 3.63) is 34.9 Å². The van der Waals surface area contributed by atoms with Gasteiger partial charge in [0, 0.05) is 11.6 Å². The number of nitrogens with one attached hydrogen (secondary N) is 1. The molecule has 0 unspecified atom stereocenters. The number of halogens is 1. The Morgan fingerprint density at radius 1 is 1.38 bits per heavy atom. The fourth-order valence-electron chi connectivity index (χ4n) is 0.985. The minimum atomic E-state index is 0.147. The molecule has 3 heteroatoms. The van der Waals surface area contributed by atoms with Crippen LogP contribution >= 0.6 is 11.6 Å². The van der Waals surface area contributed by atoms with Gasteiger partial charge in [0.15, 0.2) is 0 Å². The van der Waals surface area contributed by atoms with E-state index in [0.29, 0.717) is 13.1 Å². The van der Waals surface area contributed by atoms with E-state index in [1.165, 1.54) is 0 Å². The van der Waals surface area contributed by atoms with Crippen molar-refractivity contribution in [1.82, 2.24) is 5.32 Å². The molecule has 1 aromatic rings. The largest absolute Gasteiger partial charge is 0.306 e. The van der Waals surface area contributed by atoms with Gasteiger partial charge in [-0.3, -0.25) is 4.79 Å². The average molecular weight is 198 g/mol. The Hall–Kier alpha value is -0.860. The summed E-state index contributed by atoms with van der Waals surface area (Å²) < 4.78 is 0. The minimum absolute atomic E-state index is 0.147. The van der Waals surface area contributed by atoms with Gasteiger partial charge in [-0.25, -0.2) is 0 Å². The quantitative estimate of drug-likeness (QED) is 0.800. The highest BCUT2D eigenvalue weighted by Gasteiger charge is 1.94. The highest BCUT2D eigenvalue weighted by Crippen LogP contribution is 2.08. The van der Waals surface area contributed by atoms with Crippen molar-refractivity contribution in [1.29, 1.82) is 0 Å². The molecule has 0 saturated heterocycles. The first kappa shape index (κ1) is 10.2. The maximum Gasteiger partial charge on any atom is 0.143 e. The second kappa shape index (κ2) is 5.00. The molecule has 0 aliphatic rings. The van der Waals surface area contributed by atoms with E-state index in [4.69, 9.17) is 11.6 Å². The number of hydrogen-bond donors (Lipinski definition) is 1. The normalized spacial score (nSPS) is 10.0. The minimum Gasteiger partial charge on any atom is -0.306 e. The Morgan fingerprint density at radius 2 is 2.00 bits per heavy atom. The van der Waals surface area contributed by atoms with E-state index in [0.717, 1.165) is 10.6 Å². The van der Waals surface area contributed by atoms with Crippen LogP contribution in [-0.2, 0) is 11.3 Å². The lowest BCUT2D eigenvalue weighted by molar-refractivity contribution is -0.116. The van der Waals surface area contributed by atoms with Crippen molar-refractivity contribution >= 4 is 17.4 Å². The lowest BCUT2D eigenvalue weighted by atomic mass is 10.2. The zero-order chi connectivity index (χ0) is 9.68. The van der Waals surface area contributed by atoms with Gasteiger partial charge in [-0.05, 0) is 24.6 Å². The lowest BCUT2D eigenvalue weighted by Gasteiger charge is -2.01. The van der Waals surface area contributed by atoms with Crippen molar-refractivity contribution in [2.45, 2.75) is 13.5 Å². The molecule has 0 bridgehead atoms. The summed E-state index contributed by atoms with van der Waals surface area (Å²) in [4.78, 5) is 10.6. The van der Waals surface area contributed by atoms with Crippen molar-refractivity contribution in [3.8, 4) is 0 Å². The van der Waals surface area contributed by atoms with Gasteiger partial charge in [0.25, 0.3) is 0 Å². The van der Waals surface area contributed by atoms with Gasteiger partial charge >= 0.3 is 0 Å². The molecule has 2 nitrogen and oxygen atoms in total. The zero-order valence-corrected chi connectivity index (χ0v) is 8.27. The molecule has 1 rings (SSSR count). The third kappa shape index (κ3) is 4.06. The summed E-state index contributed by atoms with van der Waals surface area (Å²) >= 11 is 5.72. The van der Waals surface area contributed by atoms with Crippen LogP contribution in [0.25, 0.3) is 0 Å². The summed E-state index contributed by atoms with van der Waals surface area (Å²) in [6, 6.07) is 7.56. The van der Waals surface area contributed by atoms with Crippen LogP contribution in [0.5, 0.6) is 0 Å². The van der Waals surface area contributed by atoms with E-state index in [1.54, 1.807) is 6.92 Å². The highest BCUT2D eigenvalue weighted by atomic mass is 35.5. The van der Waals surface area contributed by atoms with Crippen LogP contribution in [0.4, 0.5) is 0 Å². The average Bonchev–Trinajstić information content (AvgIpc) is 2.08. The third-order valence-corrected chi connectivity index (χ3v) is 1.87. The molecule has 0 spiro atoms. The molecule has 0 aliphatic heterocycles. The Morgan fingerprint density at radius 3 is 2.54 bits per heavy atom. The van der Waals surface area contributed by atoms with Gasteiger partial charge in [-0.1, -0.05) is 23.7 Å². The van der Waals surface area contributed by atoms with Crippen molar-refractivity contribution in [2.24, 2.45) is 0 Å². The molecule has 1 aromatic carbocycles. The van der Waals surface area contributed by atoms with Crippen LogP contribution < -0.4 is 5.32 Å². The van der Waals surface area contributed by atoms with Gasteiger partial charge in [0.05, 0.1) is 6.54 Å². The van der Waals surface area contributed by atoms with Crippen LogP contribution in [0.1, 0.15) is 12.5 Å². The second-order valence-electron chi connectivity index (χ2n) is 2.93. The Kier molecular flexibility index (Phi) is 3.93. The number of Topliss-reactive ketones (excluding diaryl/α,β-unsaturated/α-hetero) is 1. The lowest BCUT2D eigenvalue weighted by Crippen LogP contribution is -2.20. The number of rotatable bonds is 4. The van der Waals surface area contributed by atoms with E-state index < -0.39 is 0 Å². The molecule has 0 radical (unpaired) electrons. The van der Waals surface area contributed by atoms with Gasteiger partial charge in [0.1, 0.15) is 5.78 Å². The number of carbonyl (C=O) groups excluding carboxylic acids is 1. The number of hydrogen-bond acceptors (Lipinski definition) is 2. The van der Waals surface area contributed by atoms with Crippen LogP contribution in [0, 0.1) is 0 Å². The van der Waals surface area contributed by atoms with Gasteiger partial charge in [-0.2, -0.15) is 0 Å². The van der Waals surface area contributed by atoms with Gasteiger partial charge in [-0.15, -0.1) is 0 Å². The van der Waals surface area contributed by atoms with Crippen molar-refractivity contribution < 1.29 is 4.79 Å². The van der Waals surface area contributed by atoms with Crippen LogP contribution in [0.2, 0.25) is 5.02 Å². The SMILES string of the molecule is CC(=O)CNCc1ccc(Cl)cc1. The Labute approximate surface area is 82.9 Å². The summed E-state index contributed by atoms with van der Waals surface area (Å²) in [7, 11) is 0. The molecular weight excluding hydrogens is 186 g/mol. The molecule has 0 aliphatic carbocycles. The monoisotopic (exact) mass is 197 g/mol. The highest BCUT2D eigenvalue weighted by molar-refractivity contribution is 6.30. The summed E-state index contributed by atoms with van der Waals surface area (Å²) in [5.41, 5.74) is 1.13. The summed E-state index contributed by atoms with van der Waals surface area (Å²) in [6.07, 6.45) is 0. The van der Waals surface area contributed by atoms with Gasteiger partial charge in [0.2, 0.25) is 0 Å². The van der Waals surface area contributed by atoms with Gasteiger partial charge < -0.3 is 5.32 Å². The number of carbonyl (C=O) groups is 1.